The summed E-state index contributed by atoms with van der Waals surface area (Å²) in [6.07, 6.45) is 7.97. The highest BCUT2D eigenvalue weighted by Gasteiger charge is 2.27. The molecule has 0 unspecified atom stereocenters. The molecule has 1 atom stereocenters. The van der Waals surface area contributed by atoms with Gasteiger partial charge in [-0.15, -0.1) is 0 Å². The molecule has 3 heterocycles. The zero-order chi connectivity index (χ0) is 21.1. The first kappa shape index (κ1) is 20.9. The highest BCUT2D eigenvalue weighted by Crippen LogP contribution is 2.30. The number of sulfonamides is 1. The Morgan fingerprint density at radius 2 is 1.93 bits per heavy atom. The van der Waals surface area contributed by atoms with Crippen molar-refractivity contribution in [2.75, 3.05) is 36.7 Å². The fourth-order valence-corrected chi connectivity index (χ4v) is 5.46. The number of carbonyl (C=O) groups excluding carboxylic acids is 1. The number of carbonyl (C=O) groups is 1. The second-order valence-electron chi connectivity index (χ2n) is 8.12. The van der Waals surface area contributed by atoms with E-state index in [4.69, 9.17) is 4.42 Å². The molecule has 4 rings (SSSR count). The third-order valence-corrected chi connectivity index (χ3v) is 7.16. The summed E-state index contributed by atoms with van der Waals surface area (Å²) < 4.78 is 31.2. The lowest BCUT2D eigenvalue weighted by molar-refractivity contribution is 0.0914. The predicted molar refractivity (Wildman–Crippen MR) is 116 cm³/mol. The minimum absolute atomic E-state index is 0.0163. The van der Waals surface area contributed by atoms with Gasteiger partial charge in [-0.05, 0) is 74.7 Å². The Morgan fingerprint density at radius 3 is 2.63 bits per heavy atom. The topological polar surface area (TPSA) is 82.9 Å². The molecule has 1 fully saturated rings. The van der Waals surface area contributed by atoms with Gasteiger partial charge < -0.3 is 9.73 Å². The molecule has 0 radical (unpaired) electrons. The molecule has 1 amide bonds. The van der Waals surface area contributed by atoms with Gasteiger partial charge in [0.15, 0.2) is 0 Å². The van der Waals surface area contributed by atoms with Crippen LogP contribution in [-0.2, 0) is 16.4 Å². The Bertz CT molecular complexity index is 982. The Morgan fingerprint density at radius 1 is 1.13 bits per heavy atom. The normalized spacial score (nSPS) is 18.6. The van der Waals surface area contributed by atoms with Gasteiger partial charge in [0.2, 0.25) is 10.0 Å². The Labute approximate surface area is 178 Å². The second kappa shape index (κ2) is 8.81. The fourth-order valence-electron chi connectivity index (χ4n) is 4.46. The summed E-state index contributed by atoms with van der Waals surface area (Å²) in [6, 6.07) is 9.14. The molecule has 1 saturated heterocycles. The van der Waals surface area contributed by atoms with E-state index in [-0.39, 0.29) is 11.9 Å². The van der Waals surface area contributed by atoms with E-state index in [1.165, 1.54) is 17.0 Å². The summed E-state index contributed by atoms with van der Waals surface area (Å²) in [5.41, 5.74) is 2.14. The van der Waals surface area contributed by atoms with Crippen molar-refractivity contribution in [2.45, 2.75) is 38.1 Å². The number of rotatable bonds is 6. The highest BCUT2D eigenvalue weighted by atomic mass is 32.2. The van der Waals surface area contributed by atoms with E-state index in [1.807, 2.05) is 18.2 Å². The zero-order valence-corrected chi connectivity index (χ0v) is 18.2. The fraction of sp³-hybridized carbons (Fsp3) is 0.500. The number of hydrogen-bond acceptors (Lipinski definition) is 5. The molecule has 7 nitrogen and oxygen atoms in total. The number of nitrogens with one attached hydrogen (secondary N) is 1. The van der Waals surface area contributed by atoms with Crippen LogP contribution in [0.2, 0.25) is 0 Å². The molecule has 0 bridgehead atoms. The second-order valence-corrected chi connectivity index (χ2v) is 10.0. The highest BCUT2D eigenvalue weighted by molar-refractivity contribution is 7.92. The monoisotopic (exact) mass is 431 g/mol. The minimum atomic E-state index is -3.31. The molecular weight excluding hydrogens is 402 g/mol. The SMILES string of the molecule is CS(=O)(=O)N1CCCc2cc(C(=O)NC[C@@H](c3ccco3)N3CCCCC3)ccc21. The van der Waals surface area contributed by atoms with Crippen LogP contribution in [0.5, 0.6) is 0 Å². The Balaban J connectivity index is 1.48. The van der Waals surface area contributed by atoms with Crippen molar-refractivity contribution in [3.8, 4) is 0 Å². The summed E-state index contributed by atoms with van der Waals surface area (Å²) in [5.74, 6) is 0.717. The van der Waals surface area contributed by atoms with E-state index in [2.05, 4.69) is 10.2 Å². The average molecular weight is 432 g/mol. The largest absolute Gasteiger partial charge is 0.468 e. The van der Waals surface area contributed by atoms with Crippen molar-refractivity contribution >= 4 is 21.6 Å². The van der Waals surface area contributed by atoms with Crippen molar-refractivity contribution in [2.24, 2.45) is 0 Å². The van der Waals surface area contributed by atoms with Crippen LogP contribution in [0.15, 0.2) is 41.0 Å². The van der Waals surface area contributed by atoms with Crippen molar-refractivity contribution < 1.29 is 17.6 Å². The molecule has 8 heteroatoms. The van der Waals surface area contributed by atoms with Crippen molar-refractivity contribution in [3.63, 3.8) is 0 Å². The number of furan rings is 1. The number of amides is 1. The summed E-state index contributed by atoms with van der Waals surface area (Å²) >= 11 is 0. The molecule has 2 aromatic rings. The van der Waals surface area contributed by atoms with Crippen molar-refractivity contribution in [3.05, 3.63) is 53.5 Å². The molecular formula is C22H29N3O4S. The van der Waals surface area contributed by atoms with E-state index in [0.29, 0.717) is 24.3 Å². The number of aryl methyl sites for hydroxylation is 1. The molecule has 0 saturated carbocycles. The third-order valence-electron chi connectivity index (χ3n) is 5.98. The molecule has 0 aliphatic carbocycles. The maximum Gasteiger partial charge on any atom is 0.251 e. The van der Waals surface area contributed by atoms with Gasteiger partial charge >= 0.3 is 0 Å². The molecule has 1 aromatic heterocycles. The van der Waals surface area contributed by atoms with Gasteiger partial charge in [0, 0.05) is 18.7 Å². The lowest BCUT2D eigenvalue weighted by Crippen LogP contribution is -2.40. The Kier molecular flexibility index (Phi) is 6.15. The van der Waals surface area contributed by atoms with Gasteiger partial charge in [-0.3, -0.25) is 14.0 Å². The zero-order valence-electron chi connectivity index (χ0n) is 17.3. The van der Waals surface area contributed by atoms with Crippen LogP contribution in [0.25, 0.3) is 0 Å². The smallest absolute Gasteiger partial charge is 0.251 e. The molecule has 1 N–H and O–H groups in total. The minimum Gasteiger partial charge on any atom is -0.468 e. The first-order valence-corrected chi connectivity index (χ1v) is 12.4. The van der Waals surface area contributed by atoms with Crippen molar-refractivity contribution in [1.29, 1.82) is 0 Å². The lowest BCUT2D eigenvalue weighted by atomic mass is 10.0. The standard InChI is InChI=1S/C22H29N3O4S/c1-30(27,28)25-13-5-7-17-15-18(9-10-19(17)25)22(26)23-16-20(21-8-6-14-29-21)24-11-3-2-4-12-24/h6,8-10,14-15,20H,2-5,7,11-13,16H2,1H3,(H,23,26)/t20-/m0/s1. The molecule has 2 aliphatic rings. The summed E-state index contributed by atoms with van der Waals surface area (Å²) in [6.45, 7) is 2.96. The number of hydrogen-bond donors (Lipinski definition) is 1. The maximum absolute atomic E-state index is 12.9. The van der Waals surface area contributed by atoms with Gasteiger partial charge in [0.05, 0.1) is 24.2 Å². The summed E-state index contributed by atoms with van der Waals surface area (Å²) in [4.78, 5) is 15.2. The Hall–Kier alpha value is -2.32. The first-order chi connectivity index (χ1) is 14.4. The third kappa shape index (κ3) is 4.54. The number of fused-ring (bicyclic) bond motifs is 1. The molecule has 162 valence electrons. The number of nitrogens with zero attached hydrogens (tertiary/aromatic N) is 2. The van der Waals surface area contributed by atoms with Crippen LogP contribution in [-0.4, -0.2) is 51.7 Å². The number of benzene rings is 1. The van der Waals surface area contributed by atoms with Gasteiger partial charge in [-0.1, -0.05) is 6.42 Å². The van der Waals surface area contributed by atoms with E-state index in [0.717, 1.165) is 50.1 Å². The molecule has 30 heavy (non-hydrogen) atoms. The van der Waals surface area contributed by atoms with Crippen LogP contribution in [0.1, 0.15) is 53.4 Å². The predicted octanol–water partition coefficient (Wildman–Crippen LogP) is 2.95. The van der Waals surface area contributed by atoms with E-state index >= 15 is 0 Å². The lowest BCUT2D eigenvalue weighted by Gasteiger charge is -2.33. The van der Waals surface area contributed by atoms with E-state index in [9.17, 15) is 13.2 Å². The number of likely N-dealkylation sites (tertiary alicyclic amines) is 1. The van der Waals surface area contributed by atoms with Crippen LogP contribution in [0.4, 0.5) is 5.69 Å². The maximum atomic E-state index is 12.9. The van der Waals surface area contributed by atoms with Crippen LogP contribution >= 0.6 is 0 Å². The summed E-state index contributed by atoms with van der Waals surface area (Å²) in [7, 11) is -3.31. The van der Waals surface area contributed by atoms with Gasteiger partial charge in [-0.25, -0.2) is 8.42 Å². The number of piperidine rings is 1. The van der Waals surface area contributed by atoms with E-state index < -0.39 is 10.0 Å². The summed E-state index contributed by atoms with van der Waals surface area (Å²) in [5, 5.41) is 3.06. The number of anilines is 1. The molecule has 0 spiro atoms. The molecule has 2 aliphatic heterocycles. The average Bonchev–Trinajstić information content (AvgIpc) is 3.27. The van der Waals surface area contributed by atoms with Gasteiger partial charge in [0.25, 0.3) is 5.91 Å². The van der Waals surface area contributed by atoms with Crippen LogP contribution in [0.3, 0.4) is 0 Å². The molecule has 1 aromatic carbocycles. The quantitative estimate of drug-likeness (QED) is 0.760. The van der Waals surface area contributed by atoms with Crippen LogP contribution < -0.4 is 9.62 Å². The van der Waals surface area contributed by atoms with Gasteiger partial charge in [0.1, 0.15) is 5.76 Å². The van der Waals surface area contributed by atoms with Gasteiger partial charge in [-0.2, -0.15) is 0 Å². The van der Waals surface area contributed by atoms with Crippen LogP contribution in [0, 0.1) is 0 Å². The van der Waals surface area contributed by atoms with Crippen molar-refractivity contribution in [1.82, 2.24) is 10.2 Å². The van der Waals surface area contributed by atoms with E-state index in [1.54, 1.807) is 18.4 Å². The first-order valence-electron chi connectivity index (χ1n) is 10.6.